The molecule has 1 heterocycles. The SMILES string of the molecule is CCNCc1sccc1S(=O)(=O)NCCCOCC(C)C. The molecule has 2 N–H and O–H groups in total. The van der Waals surface area contributed by atoms with Crippen molar-refractivity contribution in [2.45, 2.75) is 38.6 Å². The van der Waals surface area contributed by atoms with E-state index in [0.29, 0.717) is 43.5 Å². The highest BCUT2D eigenvalue weighted by molar-refractivity contribution is 7.89. The van der Waals surface area contributed by atoms with E-state index in [-0.39, 0.29) is 0 Å². The van der Waals surface area contributed by atoms with Gasteiger partial charge in [-0.25, -0.2) is 13.1 Å². The van der Waals surface area contributed by atoms with Gasteiger partial charge in [0, 0.05) is 31.2 Å². The number of thiophene rings is 1. The fraction of sp³-hybridized carbons (Fsp3) is 0.714. The highest BCUT2D eigenvalue weighted by atomic mass is 32.2. The van der Waals surface area contributed by atoms with Crippen LogP contribution in [-0.4, -0.2) is 34.7 Å². The third kappa shape index (κ3) is 6.88. The topological polar surface area (TPSA) is 67.4 Å². The van der Waals surface area contributed by atoms with Crippen LogP contribution in [-0.2, 0) is 21.3 Å². The van der Waals surface area contributed by atoms with Crippen molar-refractivity contribution in [3.05, 3.63) is 16.3 Å². The van der Waals surface area contributed by atoms with Gasteiger partial charge < -0.3 is 10.1 Å². The molecule has 0 saturated heterocycles. The Hall–Kier alpha value is -0.470. The van der Waals surface area contributed by atoms with Gasteiger partial charge in [0.1, 0.15) is 0 Å². The Balaban J connectivity index is 2.41. The number of ether oxygens (including phenoxy) is 1. The van der Waals surface area contributed by atoms with E-state index >= 15 is 0 Å². The molecule has 1 rings (SSSR count). The predicted molar refractivity (Wildman–Crippen MR) is 87.2 cm³/mol. The van der Waals surface area contributed by atoms with Crippen molar-refractivity contribution in [2.75, 3.05) is 26.3 Å². The monoisotopic (exact) mass is 334 g/mol. The molecular weight excluding hydrogens is 308 g/mol. The van der Waals surface area contributed by atoms with Crippen LogP contribution in [0.25, 0.3) is 0 Å². The van der Waals surface area contributed by atoms with E-state index in [1.807, 2.05) is 12.3 Å². The number of rotatable bonds is 11. The molecule has 21 heavy (non-hydrogen) atoms. The lowest BCUT2D eigenvalue weighted by molar-refractivity contribution is 0.108. The van der Waals surface area contributed by atoms with Crippen molar-refractivity contribution in [1.29, 1.82) is 0 Å². The lowest BCUT2D eigenvalue weighted by Crippen LogP contribution is -2.26. The summed E-state index contributed by atoms with van der Waals surface area (Å²) in [6, 6.07) is 1.66. The lowest BCUT2D eigenvalue weighted by Gasteiger charge is -2.09. The molecule has 0 spiro atoms. The van der Waals surface area contributed by atoms with E-state index in [4.69, 9.17) is 4.74 Å². The Morgan fingerprint density at radius 1 is 1.38 bits per heavy atom. The molecule has 0 bridgehead atoms. The zero-order valence-corrected chi connectivity index (χ0v) is 14.6. The van der Waals surface area contributed by atoms with E-state index in [1.165, 1.54) is 11.3 Å². The first-order valence-electron chi connectivity index (χ1n) is 7.32. The number of hydrogen-bond donors (Lipinski definition) is 2. The molecule has 0 aliphatic heterocycles. The maximum Gasteiger partial charge on any atom is 0.241 e. The van der Waals surface area contributed by atoms with Gasteiger partial charge >= 0.3 is 0 Å². The minimum atomic E-state index is -3.42. The predicted octanol–water partition coefficient (Wildman–Crippen LogP) is 2.20. The highest BCUT2D eigenvalue weighted by Crippen LogP contribution is 2.21. The molecule has 1 aromatic rings. The van der Waals surface area contributed by atoms with Crippen molar-refractivity contribution >= 4 is 21.4 Å². The second kappa shape index (κ2) is 9.53. The Morgan fingerprint density at radius 2 is 2.14 bits per heavy atom. The zero-order chi connectivity index (χ0) is 15.7. The van der Waals surface area contributed by atoms with Crippen molar-refractivity contribution < 1.29 is 13.2 Å². The zero-order valence-electron chi connectivity index (χ0n) is 13.0. The first-order valence-corrected chi connectivity index (χ1v) is 9.68. The standard InChI is InChI=1S/C14H26N2O3S2/c1-4-15-10-13-14(6-9-20-13)21(17,18)16-7-5-8-19-11-12(2)3/h6,9,12,15-16H,4-5,7-8,10-11H2,1-3H3. The fourth-order valence-corrected chi connectivity index (χ4v) is 4.20. The minimum Gasteiger partial charge on any atom is -0.381 e. The second-order valence-corrected chi connectivity index (χ2v) is 7.94. The van der Waals surface area contributed by atoms with E-state index in [9.17, 15) is 8.42 Å². The third-order valence-corrected chi connectivity index (χ3v) is 5.33. The van der Waals surface area contributed by atoms with Crippen LogP contribution < -0.4 is 10.0 Å². The van der Waals surface area contributed by atoms with Gasteiger partial charge in [-0.15, -0.1) is 11.3 Å². The van der Waals surface area contributed by atoms with Crippen molar-refractivity contribution in [2.24, 2.45) is 5.92 Å². The summed E-state index contributed by atoms with van der Waals surface area (Å²) in [5.74, 6) is 0.501. The summed E-state index contributed by atoms with van der Waals surface area (Å²) in [5, 5.41) is 4.97. The van der Waals surface area contributed by atoms with Crippen LogP contribution in [0.2, 0.25) is 0 Å². The average Bonchev–Trinajstić information content (AvgIpc) is 2.89. The van der Waals surface area contributed by atoms with Crippen LogP contribution in [0, 0.1) is 5.92 Å². The largest absolute Gasteiger partial charge is 0.381 e. The third-order valence-electron chi connectivity index (χ3n) is 2.74. The van der Waals surface area contributed by atoms with Gasteiger partial charge in [-0.2, -0.15) is 0 Å². The van der Waals surface area contributed by atoms with Crippen LogP contribution in [0.5, 0.6) is 0 Å². The Labute approximate surface area is 132 Å². The van der Waals surface area contributed by atoms with Crippen molar-refractivity contribution in [1.82, 2.24) is 10.0 Å². The summed E-state index contributed by atoms with van der Waals surface area (Å²) in [6.45, 7) is 9.27. The molecular formula is C14H26N2O3S2. The van der Waals surface area contributed by atoms with Crippen LogP contribution in [0.15, 0.2) is 16.3 Å². The van der Waals surface area contributed by atoms with Gasteiger partial charge in [0.15, 0.2) is 0 Å². The van der Waals surface area contributed by atoms with Crippen molar-refractivity contribution in [3.8, 4) is 0 Å². The summed E-state index contributed by atoms with van der Waals surface area (Å²) >= 11 is 1.46. The molecule has 0 amide bonds. The average molecular weight is 335 g/mol. The molecule has 0 unspecified atom stereocenters. The summed E-state index contributed by atoms with van der Waals surface area (Å²) in [4.78, 5) is 1.23. The maximum atomic E-state index is 12.2. The van der Waals surface area contributed by atoms with Crippen LogP contribution in [0.3, 0.4) is 0 Å². The lowest BCUT2D eigenvalue weighted by atomic mass is 10.2. The normalized spacial score (nSPS) is 12.2. The highest BCUT2D eigenvalue weighted by Gasteiger charge is 2.18. The molecule has 1 aromatic heterocycles. The molecule has 0 fully saturated rings. The van der Waals surface area contributed by atoms with E-state index in [1.54, 1.807) is 6.07 Å². The quantitative estimate of drug-likeness (QED) is 0.609. The fourth-order valence-electron chi connectivity index (χ4n) is 1.71. The molecule has 0 aromatic carbocycles. The molecule has 0 saturated carbocycles. The molecule has 0 aliphatic rings. The molecule has 122 valence electrons. The summed E-state index contributed by atoms with van der Waals surface area (Å²) in [5.41, 5.74) is 0. The van der Waals surface area contributed by atoms with Gasteiger partial charge in [-0.3, -0.25) is 0 Å². The van der Waals surface area contributed by atoms with Gasteiger partial charge in [-0.1, -0.05) is 20.8 Å². The van der Waals surface area contributed by atoms with Crippen molar-refractivity contribution in [3.63, 3.8) is 0 Å². The summed E-state index contributed by atoms with van der Waals surface area (Å²) in [6.07, 6.45) is 0.679. The van der Waals surface area contributed by atoms with E-state index in [0.717, 1.165) is 11.4 Å². The van der Waals surface area contributed by atoms with Gasteiger partial charge in [-0.05, 0) is 30.3 Å². The summed E-state index contributed by atoms with van der Waals surface area (Å²) < 4.78 is 32.6. The molecule has 0 aliphatic carbocycles. The summed E-state index contributed by atoms with van der Waals surface area (Å²) in [7, 11) is -3.42. The van der Waals surface area contributed by atoms with E-state index < -0.39 is 10.0 Å². The number of nitrogens with one attached hydrogen (secondary N) is 2. The minimum absolute atomic E-state index is 0.386. The van der Waals surface area contributed by atoms with Crippen LogP contribution in [0.4, 0.5) is 0 Å². The number of sulfonamides is 1. The molecule has 0 radical (unpaired) electrons. The molecule has 5 nitrogen and oxygen atoms in total. The first-order chi connectivity index (χ1) is 9.97. The molecule has 0 atom stereocenters. The Bertz CT molecular complexity index is 498. The van der Waals surface area contributed by atoms with Gasteiger partial charge in [0.2, 0.25) is 10.0 Å². The van der Waals surface area contributed by atoms with Crippen LogP contribution >= 0.6 is 11.3 Å². The second-order valence-electron chi connectivity index (χ2n) is 5.21. The Kier molecular flexibility index (Phi) is 8.43. The number of hydrogen-bond acceptors (Lipinski definition) is 5. The van der Waals surface area contributed by atoms with Gasteiger partial charge in [0.25, 0.3) is 0 Å². The smallest absolute Gasteiger partial charge is 0.241 e. The molecule has 7 heteroatoms. The first kappa shape index (κ1) is 18.6. The van der Waals surface area contributed by atoms with Crippen LogP contribution in [0.1, 0.15) is 32.1 Å². The van der Waals surface area contributed by atoms with E-state index in [2.05, 4.69) is 23.9 Å². The Morgan fingerprint density at radius 3 is 2.81 bits per heavy atom. The van der Waals surface area contributed by atoms with Gasteiger partial charge in [0.05, 0.1) is 4.90 Å². The maximum absolute atomic E-state index is 12.2.